The maximum atomic E-state index is 14.6. The van der Waals surface area contributed by atoms with Gasteiger partial charge in [0.15, 0.2) is 5.78 Å². The van der Waals surface area contributed by atoms with Gasteiger partial charge in [0, 0.05) is 12.0 Å². The lowest BCUT2D eigenvalue weighted by atomic mass is 9.91. The Morgan fingerprint density at radius 1 is 1.18 bits per heavy atom. The Balaban J connectivity index is 0.00000529. The lowest BCUT2D eigenvalue weighted by molar-refractivity contribution is -0.127. The molecule has 4 rings (SSSR count). The molecular formula is C31H39FN6O4S2. The Morgan fingerprint density at radius 2 is 1.84 bits per heavy atom. The van der Waals surface area contributed by atoms with Gasteiger partial charge in [-0.15, -0.1) is 4.80 Å². The lowest BCUT2D eigenvalue weighted by Crippen LogP contribution is -2.53. The van der Waals surface area contributed by atoms with Crippen LogP contribution in [0.4, 0.5) is 4.39 Å². The summed E-state index contributed by atoms with van der Waals surface area (Å²) in [6.45, 7) is 12.3. The predicted molar refractivity (Wildman–Crippen MR) is 173 cm³/mol. The number of carbonyl (C=O) groups is 1. The number of fused-ring (bicyclic) bond motifs is 1. The summed E-state index contributed by atoms with van der Waals surface area (Å²) in [5.74, 6) is -1.14. The van der Waals surface area contributed by atoms with E-state index in [1.807, 2.05) is 20.8 Å². The van der Waals surface area contributed by atoms with Crippen LogP contribution < -0.4 is 11.2 Å². The molecule has 10 nitrogen and oxygen atoms in total. The van der Waals surface area contributed by atoms with E-state index in [1.54, 1.807) is 33.8 Å². The SMILES string of the molecule is CCc1ccc(F)cc1[C@H](Cn1c(=O)n(C(C)(C)C(=O)CC(C)C)c(=O)c2c(C)c(-n3nccn3)sc21)OC[C@@H](C)C#N.S. The van der Waals surface area contributed by atoms with E-state index in [-0.39, 0.29) is 50.2 Å². The van der Waals surface area contributed by atoms with Crippen molar-refractivity contribution in [2.45, 2.75) is 79.5 Å². The maximum absolute atomic E-state index is 14.6. The van der Waals surface area contributed by atoms with E-state index in [4.69, 9.17) is 4.74 Å². The number of benzene rings is 1. The van der Waals surface area contributed by atoms with Gasteiger partial charge in [0.1, 0.15) is 27.3 Å². The fraction of sp³-hybridized carbons (Fsp3) is 0.484. The number of thiophene rings is 1. The van der Waals surface area contributed by atoms with Crippen LogP contribution in [0.3, 0.4) is 0 Å². The fourth-order valence-corrected chi connectivity index (χ4v) is 6.36. The van der Waals surface area contributed by atoms with E-state index >= 15 is 0 Å². The van der Waals surface area contributed by atoms with Gasteiger partial charge in [-0.25, -0.2) is 13.8 Å². The van der Waals surface area contributed by atoms with Crippen LogP contribution in [0.1, 0.15) is 70.8 Å². The zero-order chi connectivity index (χ0) is 31.6. The monoisotopic (exact) mass is 642 g/mol. The average Bonchev–Trinajstić information content (AvgIpc) is 3.60. The molecule has 3 heterocycles. The summed E-state index contributed by atoms with van der Waals surface area (Å²) >= 11 is 1.17. The molecule has 0 saturated carbocycles. The zero-order valence-electron chi connectivity index (χ0n) is 26.0. The highest BCUT2D eigenvalue weighted by Crippen LogP contribution is 2.33. The van der Waals surface area contributed by atoms with E-state index in [2.05, 4.69) is 16.3 Å². The number of carbonyl (C=O) groups excluding carboxylic acids is 1. The van der Waals surface area contributed by atoms with Gasteiger partial charge in [-0.3, -0.25) is 14.2 Å². The quantitative estimate of drug-likeness (QED) is 0.208. The first-order chi connectivity index (χ1) is 20.3. The molecule has 0 unspecified atom stereocenters. The highest BCUT2D eigenvalue weighted by Gasteiger charge is 2.36. The number of hydrogen-bond acceptors (Lipinski definition) is 8. The molecule has 0 radical (unpaired) electrons. The standard InChI is InChI=1S/C31H37FN6O4S.H2S/c1-8-21-9-10-22(32)14-23(21)24(42-17-19(4)15-33)16-36-29-26(20(5)28(43-29)38-34-11-12-35-38)27(40)37(30(36)41)31(6,7)25(39)13-18(2)3;/h9-12,14,18-19,24H,8,13,16-17H2,1-7H3;1H2/t19-,24-;/m0./s1. The molecule has 0 aliphatic carbocycles. The minimum atomic E-state index is -1.45. The molecule has 0 saturated heterocycles. The van der Waals surface area contributed by atoms with E-state index in [9.17, 15) is 24.0 Å². The molecule has 236 valence electrons. The number of aryl methyl sites for hydroxylation is 2. The summed E-state index contributed by atoms with van der Waals surface area (Å²) < 4.78 is 23.3. The van der Waals surface area contributed by atoms with Crippen LogP contribution in [0.25, 0.3) is 15.2 Å². The van der Waals surface area contributed by atoms with Crippen molar-refractivity contribution < 1.29 is 13.9 Å². The Bertz CT molecular complexity index is 1800. The summed E-state index contributed by atoms with van der Waals surface area (Å²) in [7, 11) is 0. The van der Waals surface area contributed by atoms with Gasteiger partial charge in [0.05, 0.1) is 42.9 Å². The van der Waals surface area contributed by atoms with Gasteiger partial charge >= 0.3 is 5.69 Å². The molecule has 0 fully saturated rings. The van der Waals surface area contributed by atoms with Gasteiger partial charge in [0.25, 0.3) is 5.56 Å². The van der Waals surface area contributed by atoms with Crippen molar-refractivity contribution in [1.29, 1.82) is 5.26 Å². The van der Waals surface area contributed by atoms with E-state index in [0.29, 0.717) is 27.4 Å². The van der Waals surface area contributed by atoms with Crippen molar-refractivity contribution in [3.05, 3.63) is 73.9 Å². The molecule has 0 bridgehead atoms. The van der Waals surface area contributed by atoms with Gasteiger partial charge < -0.3 is 4.74 Å². The number of nitriles is 1. The minimum Gasteiger partial charge on any atom is -0.370 e. The highest BCUT2D eigenvalue weighted by atomic mass is 32.1. The summed E-state index contributed by atoms with van der Waals surface area (Å²) in [4.78, 5) is 43.7. The molecule has 0 aliphatic rings. The number of aromatic nitrogens is 5. The number of ketones is 1. The molecule has 4 aromatic rings. The molecule has 0 amide bonds. The van der Waals surface area contributed by atoms with Crippen molar-refractivity contribution in [3.63, 3.8) is 0 Å². The Morgan fingerprint density at radius 3 is 2.43 bits per heavy atom. The first-order valence-electron chi connectivity index (χ1n) is 14.3. The van der Waals surface area contributed by atoms with Gasteiger partial charge in [-0.2, -0.15) is 29.0 Å². The fourth-order valence-electron chi connectivity index (χ4n) is 5.14. The third-order valence-corrected chi connectivity index (χ3v) is 8.86. The maximum Gasteiger partial charge on any atom is 0.333 e. The molecule has 3 aromatic heterocycles. The van der Waals surface area contributed by atoms with Crippen LogP contribution >= 0.6 is 24.8 Å². The van der Waals surface area contributed by atoms with E-state index in [0.717, 1.165) is 10.1 Å². The smallest absolute Gasteiger partial charge is 0.333 e. The highest BCUT2D eigenvalue weighted by molar-refractivity contribution is 7.59. The second kappa shape index (κ2) is 14.0. The number of ether oxygens (including phenoxy) is 1. The molecule has 0 N–H and O–H groups in total. The number of halogens is 1. The topological polar surface area (TPSA) is 125 Å². The van der Waals surface area contributed by atoms with Gasteiger partial charge in [-0.05, 0) is 63.3 Å². The summed E-state index contributed by atoms with van der Waals surface area (Å²) in [6, 6.07) is 6.58. The second-order valence-corrected chi connectivity index (χ2v) is 12.7. The van der Waals surface area contributed by atoms with Crippen LogP contribution in [0.15, 0.2) is 40.2 Å². The summed E-state index contributed by atoms with van der Waals surface area (Å²) in [5.41, 5.74) is -0.788. The normalized spacial score (nSPS) is 13.1. The third-order valence-electron chi connectivity index (χ3n) is 7.57. The third kappa shape index (κ3) is 6.72. The van der Waals surface area contributed by atoms with Crippen LogP contribution in [-0.2, 0) is 28.0 Å². The number of hydrogen-bond donors (Lipinski definition) is 0. The van der Waals surface area contributed by atoms with Crippen molar-refractivity contribution in [1.82, 2.24) is 24.1 Å². The first-order valence-corrected chi connectivity index (χ1v) is 15.1. The predicted octanol–water partition coefficient (Wildman–Crippen LogP) is 5.20. The molecule has 0 spiro atoms. The van der Waals surface area contributed by atoms with Crippen molar-refractivity contribution in [2.24, 2.45) is 11.8 Å². The van der Waals surface area contributed by atoms with Gasteiger partial charge in [-0.1, -0.05) is 38.2 Å². The minimum absolute atomic E-state index is 0. The Kier molecular flexibility index (Phi) is 11.1. The van der Waals surface area contributed by atoms with Crippen LogP contribution in [0, 0.1) is 35.9 Å². The van der Waals surface area contributed by atoms with Gasteiger partial charge in [0.2, 0.25) is 0 Å². The molecule has 1 aromatic carbocycles. The van der Waals surface area contributed by atoms with E-state index in [1.165, 1.54) is 45.2 Å². The molecule has 0 aliphatic heterocycles. The van der Waals surface area contributed by atoms with Crippen molar-refractivity contribution >= 4 is 40.8 Å². The Labute approximate surface area is 266 Å². The lowest BCUT2D eigenvalue weighted by Gasteiger charge is -2.28. The largest absolute Gasteiger partial charge is 0.370 e. The zero-order valence-corrected chi connectivity index (χ0v) is 27.9. The summed E-state index contributed by atoms with van der Waals surface area (Å²) in [5, 5.41) is 18.7. The molecule has 2 atom stereocenters. The Hall–Kier alpha value is -3.60. The number of Topliss-reactive ketones (excluding diaryl/α,β-unsaturated/α-hetero) is 1. The number of nitrogens with zero attached hydrogens (tertiary/aromatic N) is 6. The van der Waals surface area contributed by atoms with Crippen molar-refractivity contribution in [2.75, 3.05) is 6.61 Å². The van der Waals surface area contributed by atoms with Crippen molar-refractivity contribution in [3.8, 4) is 11.1 Å². The first kappa shape index (κ1) is 34.9. The summed E-state index contributed by atoms with van der Waals surface area (Å²) in [6.07, 6.45) is 2.95. The van der Waals surface area contributed by atoms with Crippen LogP contribution in [0.2, 0.25) is 0 Å². The molecule has 44 heavy (non-hydrogen) atoms. The van der Waals surface area contributed by atoms with Crippen LogP contribution in [0.5, 0.6) is 0 Å². The van der Waals surface area contributed by atoms with Crippen LogP contribution in [-0.4, -0.2) is 36.5 Å². The molecular weight excluding hydrogens is 604 g/mol. The number of rotatable bonds is 12. The average molecular weight is 643 g/mol. The molecule has 13 heteroatoms. The second-order valence-electron chi connectivity index (χ2n) is 11.7. The van der Waals surface area contributed by atoms with E-state index < -0.39 is 34.6 Å².